The number of carbonyl (C=O) groups excluding carboxylic acids is 1. The van der Waals surface area contributed by atoms with Crippen LogP contribution in [0.4, 0.5) is 0 Å². The van der Waals surface area contributed by atoms with Gasteiger partial charge in [0.15, 0.2) is 11.9 Å². The van der Waals surface area contributed by atoms with Gasteiger partial charge < -0.3 is 14.2 Å². The SMILES string of the molecule is CCOC(=O)[C@@H]1OC(C)(C)O[C@@H]1c1ccc(Cl)s1. The number of halogens is 1. The first kappa shape index (κ1) is 13.8. The summed E-state index contributed by atoms with van der Waals surface area (Å²) in [6, 6.07) is 3.62. The van der Waals surface area contributed by atoms with Crippen LogP contribution in [0.1, 0.15) is 31.8 Å². The smallest absolute Gasteiger partial charge is 0.338 e. The molecule has 0 amide bonds. The van der Waals surface area contributed by atoms with E-state index in [0.717, 1.165) is 4.88 Å². The average Bonchev–Trinajstić information content (AvgIpc) is 2.82. The molecule has 1 fully saturated rings. The van der Waals surface area contributed by atoms with Gasteiger partial charge in [-0.25, -0.2) is 4.79 Å². The van der Waals surface area contributed by atoms with Crippen LogP contribution in [-0.2, 0) is 19.0 Å². The maximum atomic E-state index is 11.9. The summed E-state index contributed by atoms with van der Waals surface area (Å²) in [4.78, 5) is 12.7. The first-order valence-electron chi connectivity index (χ1n) is 5.70. The predicted octanol–water partition coefficient (Wildman–Crippen LogP) is 3.16. The second-order valence-electron chi connectivity index (χ2n) is 4.37. The molecule has 6 heteroatoms. The van der Waals surface area contributed by atoms with Crippen molar-refractivity contribution >= 4 is 28.9 Å². The van der Waals surface area contributed by atoms with Gasteiger partial charge in [0.1, 0.15) is 6.10 Å². The van der Waals surface area contributed by atoms with E-state index in [0.29, 0.717) is 10.9 Å². The van der Waals surface area contributed by atoms with Gasteiger partial charge in [-0.1, -0.05) is 11.6 Å². The quantitative estimate of drug-likeness (QED) is 0.802. The lowest BCUT2D eigenvalue weighted by atomic mass is 10.2. The van der Waals surface area contributed by atoms with Crippen molar-refractivity contribution in [2.75, 3.05) is 6.61 Å². The minimum atomic E-state index is -0.807. The Labute approximate surface area is 115 Å². The highest BCUT2D eigenvalue weighted by Gasteiger charge is 2.47. The lowest BCUT2D eigenvalue weighted by molar-refractivity contribution is -0.170. The van der Waals surface area contributed by atoms with Gasteiger partial charge in [-0.15, -0.1) is 11.3 Å². The molecule has 18 heavy (non-hydrogen) atoms. The van der Waals surface area contributed by atoms with Gasteiger partial charge in [0.2, 0.25) is 0 Å². The third kappa shape index (κ3) is 2.85. The maximum Gasteiger partial charge on any atom is 0.338 e. The third-order valence-electron chi connectivity index (χ3n) is 2.49. The van der Waals surface area contributed by atoms with Gasteiger partial charge in [0.05, 0.1) is 10.9 Å². The number of ether oxygens (including phenoxy) is 3. The Hall–Kier alpha value is -0.620. The van der Waals surface area contributed by atoms with E-state index in [4.69, 9.17) is 25.8 Å². The molecule has 0 saturated carbocycles. The minimum Gasteiger partial charge on any atom is -0.464 e. The standard InChI is InChI=1S/C12H15ClO4S/c1-4-15-11(14)10-9(16-12(2,3)17-10)7-5-6-8(13)18-7/h5-6,9-10H,4H2,1-3H3/t9-,10-/m1/s1. The summed E-state index contributed by atoms with van der Waals surface area (Å²) in [6.07, 6.45) is -1.20. The van der Waals surface area contributed by atoms with Crippen LogP contribution in [0.2, 0.25) is 4.34 Å². The normalized spacial score (nSPS) is 26.2. The largest absolute Gasteiger partial charge is 0.464 e. The molecule has 1 aromatic heterocycles. The predicted molar refractivity (Wildman–Crippen MR) is 68.7 cm³/mol. The van der Waals surface area contributed by atoms with Crippen molar-refractivity contribution in [3.05, 3.63) is 21.3 Å². The van der Waals surface area contributed by atoms with E-state index in [1.54, 1.807) is 26.8 Å². The Bertz CT molecular complexity index is 443. The Kier molecular flexibility index (Phi) is 3.96. The second kappa shape index (κ2) is 5.17. The molecule has 1 aliphatic rings. The fourth-order valence-electron chi connectivity index (χ4n) is 1.85. The summed E-state index contributed by atoms with van der Waals surface area (Å²) in [7, 11) is 0. The van der Waals surface area contributed by atoms with Crippen molar-refractivity contribution in [3.63, 3.8) is 0 Å². The van der Waals surface area contributed by atoms with Crippen LogP contribution in [0.15, 0.2) is 12.1 Å². The molecule has 1 aliphatic heterocycles. The van der Waals surface area contributed by atoms with Crippen LogP contribution in [0.3, 0.4) is 0 Å². The van der Waals surface area contributed by atoms with E-state index in [1.165, 1.54) is 11.3 Å². The summed E-state index contributed by atoms with van der Waals surface area (Å²) >= 11 is 7.28. The van der Waals surface area contributed by atoms with Crippen LogP contribution in [-0.4, -0.2) is 24.5 Å². The molecular formula is C12H15ClO4S. The summed E-state index contributed by atoms with van der Waals surface area (Å²) in [6.45, 7) is 5.62. The zero-order chi connectivity index (χ0) is 13.3. The van der Waals surface area contributed by atoms with Crippen LogP contribution in [0.5, 0.6) is 0 Å². The molecule has 2 rings (SSSR count). The van der Waals surface area contributed by atoms with E-state index in [-0.39, 0.29) is 0 Å². The fourth-order valence-corrected chi connectivity index (χ4v) is 2.96. The highest BCUT2D eigenvalue weighted by atomic mass is 35.5. The van der Waals surface area contributed by atoms with E-state index < -0.39 is 24.0 Å². The van der Waals surface area contributed by atoms with Crippen LogP contribution in [0, 0.1) is 0 Å². The number of hydrogen-bond acceptors (Lipinski definition) is 5. The van der Waals surface area contributed by atoms with E-state index in [1.807, 2.05) is 6.07 Å². The molecule has 1 aromatic rings. The van der Waals surface area contributed by atoms with E-state index in [9.17, 15) is 4.79 Å². The first-order valence-corrected chi connectivity index (χ1v) is 6.90. The Morgan fingerprint density at radius 1 is 1.50 bits per heavy atom. The molecule has 100 valence electrons. The third-order valence-corrected chi connectivity index (χ3v) is 3.78. The molecular weight excluding hydrogens is 276 g/mol. The van der Waals surface area contributed by atoms with Crippen molar-refractivity contribution in [3.8, 4) is 0 Å². The van der Waals surface area contributed by atoms with Crippen LogP contribution in [0.25, 0.3) is 0 Å². The molecule has 0 spiro atoms. The molecule has 1 saturated heterocycles. The summed E-state index contributed by atoms with van der Waals surface area (Å²) < 4.78 is 17.0. The van der Waals surface area contributed by atoms with Crippen molar-refractivity contribution < 1.29 is 19.0 Å². The highest BCUT2D eigenvalue weighted by Crippen LogP contribution is 2.41. The molecule has 0 radical (unpaired) electrons. The number of thiophene rings is 1. The topological polar surface area (TPSA) is 44.8 Å². The van der Waals surface area contributed by atoms with Gasteiger partial charge in [0.25, 0.3) is 0 Å². The summed E-state index contributed by atoms with van der Waals surface area (Å²) in [5, 5.41) is 0. The monoisotopic (exact) mass is 290 g/mol. The fraction of sp³-hybridized carbons (Fsp3) is 0.583. The first-order chi connectivity index (χ1) is 8.43. The highest BCUT2D eigenvalue weighted by molar-refractivity contribution is 7.16. The van der Waals surface area contributed by atoms with Crippen molar-refractivity contribution in [2.45, 2.75) is 38.8 Å². The molecule has 2 atom stereocenters. The van der Waals surface area contributed by atoms with Gasteiger partial charge in [-0.3, -0.25) is 0 Å². The number of hydrogen-bond donors (Lipinski definition) is 0. The van der Waals surface area contributed by atoms with Crippen LogP contribution < -0.4 is 0 Å². The van der Waals surface area contributed by atoms with Crippen LogP contribution >= 0.6 is 22.9 Å². The van der Waals surface area contributed by atoms with Crippen molar-refractivity contribution in [2.24, 2.45) is 0 Å². The molecule has 0 aromatic carbocycles. The summed E-state index contributed by atoms with van der Waals surface area (Å²) in [5.41, 5.74) is 0. The molecule has 2 heterocycles. The van der Waals surface area contributed by atoms with Gasteiger partial charge in [-0.2, -0.15) is 0 Å². The Morgan fingerprint density at radius 3 is 2.78 bits per heavy atom. The molecule has 0 N–H and O–H groups in total. The van der Waals surface area contributed by atoms with E-state index >= 15 is 0 Å². The number of rotatable bonds is 3. The number of carbonyl (C=O) groups is 1. The lowest BCUT2D eigenvalue weighted by Crippen LogP contribution is -2.29. The summed E-state index contributed by atoms with van der Waals surface area (Å²) in [5.74, 6) is -1.21. The zero-order valence-electron chi connectivity index (χ0n) is 10.4. The minimum absolute atomic E-state index is 0.317. The lowest BCUT2D eigenvalue weighted by Gasteiger charge is -2.16. The molecule has 0 unspecified atom stereocenters. The zero-order valence-corrected chi connectivity index (χ0v) is 12.0. The second-order valence-corrected chi connectivity index (χ2v) is 6.12. The Morgan fingerprint density at radius 2 is 2.22 bits per heavy atom. The molecule has 0 aliphatic carbocycles. The van der Waals surface area contributed by atoms with E-state index in [2.05, 4.69) is 0 Å². The maximum absolute atomic E-state index is 11.9. The molecule has 4 nitrogen and oxygen atoms in total. The average molecular weight is 291 g/mol. The number of esters is 1. The van der Waals surface area contributed by atoms with Crippen molar-refractivity contribution in [1.29, 1.82) is 0 Å². The van der Waals surface area contributed by atoms with Crippen molar-refractivity contribution in [1.82, 2.24) is 0 Å². The molecule has 0 bridgehead atoms. The van der Waals surface area contributed by atoms with Gasteiger partial charge in [0, 0.05) is 4.88 Å². The van der Waals surface area contributed by atoms with Gasteiger partial charge in [-0.05, 0) is 32.9 Å². The van der Waals surface area contributed by atoms with Gasteiger partial charge >= 0.3 is 5.97 Å². The Balaban J connectivity index is 2.23.